The first-order valence-corrected chi connectivity index (χ1v) is 5.07. The third-order valence-corrected chi connectivity index (χ3v) is 2.25. The summed E-state index contributed by atoms with van der Waals surface area (Å²) in [6, 6.07) is 2.11. The molecule has 0 aliphatic heterocycles. The monoisotopic (exact) mass is 236 g/mol. The van der Waals surface area contributed by atoms with E-state index in [9.17, 15) is 8.78 Å². The molecule has 0 spiro atoms. The summed E-state index contributed by atoms with van der Waals surface area (Å²) in [6.45, 7) is 1.81. The second-order valence-electron chi connectivity index (χ2n) is 3.36. The van der Waals surface area contributed by atoms with E-state index < -0.39 is 11.6 Å². The number of halogens is 2. The quantitative estimate of drug-likeness (QED) is 0.889. The summed E-state index contributed by atoms with van der Waals surface area (Å²) < 4.78 is 26.6. The van der Waals surface area contributed by atoms with Crippen molar-refractivity contribution >= 4 is 11.6 Å². The molecule has 1 heterocycles. The van der Waals surface area contributed by atoms with E-state index in [2.05, 4.69) is 20.3 Å². The molecule has 6 heteroatoms. The molecular formula is C11H10F2N4. The van der Waals surface area contributed by atoms with Gasteiger partial charge < -0.3 is 5.32 Å². The molecular weight excluding hydrogens is 226 g/mol. The summed E-state index contributed by atoms with van der Waals surface area (Å²) in [5, 5.41) is 2.72. The summed E-state index contributed by atoms with van der Waals surface area (Å²) in [6.07, 6.45) is 3.09. The zero-order valence-corrected chi connectivity index (χ0v) is 9.11. The molecule has 0 aliphatic rings. The number of nitrogens with zero attached hydrogens (tertiary/aromatic N) is 3. The molecule has 0 aliphatic carbocycles. The van der Waals surface area contributed by atoms with Crippen molar-refractivity contribution < 1.29 is 8.78 Å². The minimum absolute atomic E-state index is 0.195. The van der Waals surface area contributed by atoms with Gasteiger partial charge >= 0.3 is 0 Å². The maximum atomic E-state index is 13.6. The smallest absolute Gasteiger partial charge is 0.230 e. The molecule has 0 radical (unpaired) electrons. The Bertz CT molecular complexity index is 516. The van der Waals surface area contributed by atoms with Crippen LogP contribution >= 0.6 is 0 Å². The van der Waals surface area contributed by atoms with Crippen molar-refractivity contribution in [3.05, 3.63) is 42.0 Å². The van der Waals surface area contributed by atoms with E-state index in [4.69, 9.17) is 0 Å². The van der Waals surface area contributed by atoms with Crippen LogP contribution in [0.1, 0.15) is 12.5 Å². The second kappa shape index (κ2) is 4.82. The normalized spacial score (nSPS) is 10.3. The van der Waals surface area contributed by atoms with Gasteiger partial charge in [0.25, 0.3) is 0 Å². The first-order chi connectivity index (χ1) is 8.20. The van der Waals surface area contributed by atoms with Crippen LogP contribution in [0.5, 0.6) is 0 Å². The van der Waals surface area contributed by atoms with E-state index in [0.717, 1.165) is 6.07 Å². The number of aromatic nitrogens is 3. The van der Waals surface area contributed by atoms with Gasteiger partial charge in [0.15, 0.2) is 0 Å². The number of anilines is 2. The summed E-state index contributed by atoms with van der Waals surface area (Å²) >= 11 is 0. The van der Waals surface area contributed by atoms with E-state index in [1.165, 1.54) is 18.7 Å². The predicted molar refractivity (Wildman–Crippen MR) is 58.8 cm³/mol. The van der Waals surface area contributed by atoms with Gasteiger partial charge in [-0.2, -0.15) is 0 Å². The molecule has 0 atom stereocenters. The van der Waals surface area contributed by atoms with Crippen LogP contribution in [-0.2, 0) is 6.42 Å². The van der Waals surface area contributed by atoms with Crippen LogP contribution in [0.4, 0.5) is 20.4 Å². The fourth-order valence-corrected chi connectivity index (χ4v) is 1.46. The summed E-state index contributed by atoms with van der Waals surface area (Å²) in [5.74, 6) is -1.04. The molecule has 0 amide bonds. The highest BCUT2D eigenvalue weighted by Crippen LogP contribution is 2.24. The lowest BCUT2D eigenvalue weighted by molar-refractivity contribution is 0.583. The molecule has 1 aromatic heterocycles. The van der Waals surface area contributed by atoms with Crippen LogP contribution in [0.15, 0.2) is 24.8 Å². The van der Waals surface area contributed by atoms with Gasteiger partial charge in [0.2, 0.25) is 5.95 Å². The predicted octanol–water partition coefficient (Wildman–Crippen LogP) is 2.46. The van der Waals surface area contributed by atoms with Crippen LogP contribution in [0.3, 0.4) is 0 Å². The fourth-order valence-electron chi connectivity index (χ4n) is 1.46. The molecule has 2 aromatic rings. The Labute approximate surface area is 96.8 Å². The Hall–Kier alpha value is -2.11. The third kappa shape index (κ3) is 2.52. The van der Waals surface area contributed by atoms with Crippen molar-refractivity contribution in [1.82, 2.24) is 15.0 Å². The first kappa shape index (κ1) is 11.4. The van der Waals surface area contributed by atoms with E-state index in [0.29, 0.717) is 12.0 Å². The second-order valence-corrected chi connectivity index (χ2v) is 3.36. The Morgan fingerprint density at radius 3 is 2.53 bits per heavy atom. The molecule has 1 aromatic carbocycles. The van der Waals surface area contributed by atoms with Gasteiger partial charge in [-0.15, -0.1) is 0 Å². The van der Waals surface area contributed by atoms with Crippen LogP contribution in [0.25, 0.3) is 0 Å². The standard InChI is InChI=1S/C11H10F2N4/c1-2-7-3-8(12)4-9(13)10(7)17-11-15-5-14-6-16-11/h3-6H,2H2,1H3,(H,14,15,16,17). The minimum Gasteiger partial charge on any atom is -0.321 e. The number of benzene rings is 1. The van der Waals surface area contributed by atoms with Gasteiger partial charge in [-0.3, -0.25) is 0 Å². The van der Waals surface area contributed by atoms with Crippen LogP contribution < -0.4 is 5.32 Å². The lowest BCUT2D eigenvalue weighted by Crippen LogP contribution is -2.03. The third-order valence-electron chi connectivity index (χ3n) is 2.25. The highest BCUT2D eigenvalue weighted by molar-refractivity contribution is 5.59. The lowest BCUT2D eigenvalue weighted by atomic mass is 10.1. The number of hydrogen-bond donors (Lipinski definition) is 1. The molecule has 2 rings (SSSR count). The van der Waals surface area contributed by atoms with Crippen molar-refractivity contribution in [1.29, 1.82) is 0 Å². The molecule has 4 nitrogen and oxygen atoms in total. The molecule has 88 valence electrons. The van der Waals surface area contributed by atoms with Crippen molar-refractivity contribution in [2.75, 3.05) is 5.32 Å². The van der Waals surface area contributed by atoms with Crippen LogP contribution in [0.2, 0.25) is 0 Å². The van der Waals surface area contributed by atoms with Crippen molar-refractivity contribution in [3.8, 4) is 0 Å². The molecule has 0 bridgehead atoms. The van der Waals surface area contributed by atoms with Crippen molar-refractivity contribution in [3.63, 3.8) is 0 Å². The zero-order valence-electron chi connectivity index (χ0n) is 9.11. The molecule has 1 N–H and O–H groups in total. The molecule has 0 fully saturated rings. The minimum atomic E-state index is -0.665. The number of aryl methyl sites for hydroxylation is 1. The highest BCUT2D eigenvalue weighted by atomic mass is 19.1. The van der Waals surface area contributed by atoms with Gasteiger partial charge in [-0.05, 0) is 18.1 Å². The average molecular weight is 236 g/mol. The molecule has 17 heavy (non-hydrogen) atoms. The largest absolute Gasteiger partial charge is 0.321 e. The first-order valence-electron chi connectivity index (χ1n) is 5.07. The topological polar surface area (TPSA) is 50.7 Å². The zero-order chi connectivity index (χ0) is 12.3. The van der Waals surface area contributed by atoms with E-state index in [1.807, 2.05) is 6.92 Å². The number of hydrogen-bond acceptors (Lipinski definition) is 4. The van der Waals surface area contributed by atoms with Gasteiger partial charge in [-0.1, -0.05) is 6.92 Å². The average Bonchev–Trinajstić information content (AvgIpc) is 2.33. The van der Waals surface area contributed by atoms with Gasteiger partial charge in [-0.25, -0.2) is 23.7 Å². The van der Waals surface area contributed by atoms with Gasteiger partial charge in [0.1, 0.15) is 24.3 Å². The Kier molecular flexibility index (Phi) is 3.22. The molecule has 0 saturated carbocycles. The lowest BCUT2D eigenvalue weighted by Gasteiger charge is -2.10. The van der Waals surface area contributed by atoms with Crippen molar-refractivity contribution in [2.45, 2.75) is 13.3 Å². The van der Waals surface area contributed by atoms with Gasteiger partial charge in [0, 0.05) is 6.07 Å². The van der Waals surface area contributed by atoms with E-state index in [-0.39, 0.29) is 11.6 Å². The Balaban J connectivity index is 2.38. The number of nitrogens with one attached hydrogen (secondary N) is 1. The molecule has 0 saturated heterocycles. The van der Waals surface area contributed by atoms with Gasteiger partial charge in [0.05, 0.1) is 5.69 Å². The highest BCUT2D eigenvalue weighted by Gasteiger charge is 2.11. The van der Waals surface area contributed by atoms with Crippen molar-refractivity contribution in [2.24, 2.45) is 0 Å². The summed E-state index contributed by atoms with van der Waals surface area (Å²) in [4.78, 5) is 11.3. The number of rotatable bonds is 3. The van der Waals surface area contributed by atoms with E-state index in [1.54, 1.807) is 0 Å². The fraction of sp³-hybridized carbons (Fsp3) is 0.182. The summed E-state index contributed by atoms with van der Waals surface area (Å²) in [5.41, 5.74) is 0.725. The summed E-state index contributed by atoms with van der Waals surface area (Å²) in [7, 11) is 0. The van der Waals surface area contributed by atoms with E-state index >= 15 is 0 Å². The Morgan fingerprint density at radius 1 is 1.18 bits per heavy atom. The van der Waals surface area contributed by atoms with Crippen LogP contribution in [-0.4, -0.2) is 15.0 Å². The Morgan fingerprint density at radius 2 is 1.88 bits per heavy atom. The maximum absolute atomic E-state index is 13.6. The van der Waals surface area contributed by atoms with Crippen LogP contribution in [0, 0.1) is 11.6 Å². The molecule has 0 unspecified atom stereocenters. The SMILES string of the molecule is CCc1cc(F)cc(F)c1Nc1ncncn1. The maximum Gasteiger partial charge on any atom is 0.230 e.